The SMILES string of the molecule is c1ccc2ncc(-c3nnc(N4CCC(N5CCCCC5)CC4)s3)cc2c1. The van der Waals surface area contributed by atoms with E-state index in [9.17, 15) is 0 Å². The molecule has 1 aromatic carbocycles. The second kappa shape index (κ2) is 7.52. The van der Waals surface area contributed by atoms with Crippen LogP contribution in [0.2, 0.25) is 0 Å². The van der Waals surface area contributed by atoms with E-state index < -0.39 is 0 Å². The van der Waals surface area contributed by atoms with Crippen LogP contribution in [0.1, 0.15) is 32.1 Å². The first kappa shape index (κ1) is 17.1. The van der Waals surface area contributed by atoms with Crippen molar-refractivity contribution in [1.82, 2.24) is 20.1 Å². The topological polar surface area (TPSA) is 45.2 Å². The van der Waals surface area contributed by atoms with Crippen molar-refractivity contribution in [3.05, 3.63) is 36.5 Å². The molecule has 2 aromatic heterocycles. The molecule has 6 heteroatoms. The van der Waals surface area contributed by atoms with Gasteiger partial charge in [0, 0.05) is 36.3 Å². The van der Waals surface area contributed by atoms with Crippen LogP contribution in [0.25, 0.3) is 21.5 Å². The molecule has 4 heterocycles. The molecule has 5 nitrogen and oxygen atoms in total. The average molecular weight is 380 g/mol. The predicted octanol–water partition coefficient (Wildman–Crippen LogP) is 4.21. The van der Waals surface area contributed by atoms with Gasteiger partial charge < -0.3 is 9.80 Å². The van der Waals surface area contributed by atoms with Gasteiger partial charge >= 0.3 is 0 Å². The third-order valence-corrected chi connectivity index (χ3v) is 6.93. The molecule has 0 saturated carbocycles. The van der Waals surface area contributed by atoms with Crippen LogP contribution in [0.3, 0.4) is 0 Å². The van der Waals surface area contributed by atoms with Crippen molar-refractivity contribution in [2.45, 2.75) is 38.1 Å². The number of benzene rings is 1. The molecular weight excluding hydrogens is 354 g/mol. The van der Waals surface area contributed by atoms with Crippen LogP contribution in [0.5, 0.6) is 0 Å². The zero-order chi connectivity index (χ0) is 18.1. The van der Waals surface area contributed by atoms with Gasteiger partial charge in [-0.2, -0.15) is 0 Å². The molecule has 0 bridgehead atoms. The molecule has 27 heavy (non-hydrogen) atoms. The summed E-state index contributed by atoms with van der Waals surface area (Å²) in [7, 11) is 0. The highest BCUT2D eigenvalue weighted by Crippen LogP contribution is 2.32. The Hall–Kier alpha value is -2.05. The number of fused-ring (bicyclic) bond motifs is 1. The Labute approximate surface area is 164 Å². The zero-order valence-electron chi connectivity index (χ0n) is 15.5. The number of para-hydroxylation sites is 1. The molecule has 5 rings (SSSR count). The molecule has 2 aliphatic heterocycles. The lowest BCUT2D eigenvalue weighted by molar-refractivity contribution is 0.141. The highest BCUT2D eigenvalue weighted by Gasteiger charge is 2.27. The highest BCUT2D eigenvalue weighted by molar-refractivity contribution is 7.18. The van der Waals surface area contributed by atoms with E-state index in [1.54, 1.807) is 11.3 Å². The lowest BCUT2D eigenvalue weighted by Gasteiger charge is -2.40. The van der Waals surface area contributed by atoms with Gasteiger partial charge in [-0.15, -0.1) is 10.2 Å². The maximum Gasteiger partial charge on any atom is 0.208 e. The van der Waals surface area contributed by atoms with Crippen molar-refractivity contribution < 1.29 is 0 Å². The summed E-state index contributed by atoms with van der Waals surface area (Å²) in [5.74, 6) is 0. The first-order chi connectivity index (χ1) is 13.4. The average Bonchev–Trinajstić information content (AvgIpc) is 3.24. The molecule has 2 saturated heterocycles. The summed E-state index contributed by atoms with van der Waals surface area (Å²) in [6.07, 6.45) is 8.56. The first-order valence-electron chi connectivity index (χ1n) is 10.0. The largest absolute Gasteiger partial charge is 0.347 e. The van der Waals surface area contributed by atoms with E-state index in [1.165, 1.54) is 45.2 Å². The van der Waals surface area contributed by atoms with E-state index in [0.29, 0.717) is 0 Å². The van der Waals surface area contributed by atoms with Gasteiger partial charge in [-0.1, -0.05) is 36.0 Å². The quantitative estimate of drug-likeness (QED) is 0.682. The molecule has 0 aliphatic carbocycles. The van der Waals surface area contributed by atoms with Crippen LogP contribution in [0, 0.1) is 0 Å². The standard InChI is InChI=1S/C21H25N5S/c1-4-10-25(11-5-1)18-8-12-26(13-9-18)21-24-23-20(27-21)17-14-16-6-2-3-7-19(16)22-15-17/h2-3,6-7,14-15,18H,1,4-5,8-13H2. The third-order valence-electron chi connectivity index (χ3n) is 5.89. The summed E-state index contributed by atoms with van der Waals surface area (Å²) in [4.78, 5) is 9.69. The Balaban J connectivity index is 1.28. The minimum atomic E-state index is 0.763. The normalized spacial score (nSPS) is 19.6. The van der Waals surface area contributed by atoms with Crippen LogP contribution in [0.4, 0.5) is 5.13 Å². The summed E-state index contributed by atoms with van der Waals surface area (Å²) >= 11 is 1.69. The predicted molar refractivity (Wildman–Crippen MR) is 111 cm³/mol. The third kappa shape index (κ3) is 3.56. The number of nitrogens with zero attached hydrogens (tertiary/aromatic N) is 5. The van der Waals surface area contributed by atoms with E-state index in [-0.39, 0.29) is 0 Å². The van der Waals surface area contributed by atoms with Crippen molar-refractivity contribution in [1.29, 1.82) is 0 Å². The van der Waals surface area contributed by atoms with Gasteiger partial charge in [0.15, 0.2) is 5.01 Å². The monoisotopic (exact) mass is 379 g/mol. The van der Waals surface area contributed by atoms with Gasteiger partial charge in [-0.3, -0.25) is 4.98 Å². The summed E-state index contributed by atoms with van der Waals surface area (Å²) in [6, 6.07) is 11.1. The van der Waals surface area contributed by atoms with Crippen LogP contribution < -0.4 is 4.90 Å². The molecule has 0 radical (unpaired) electrons. The molecule has 0 spiro atoms. The second-order valence-electron chi connectivity index (χ2n) is 7.62. The zero-order valence-corrected chi connectivity index (χ0v) is 16.4. The number of anilines is 1. The summed E-state index contributed by atoms with van der Waals surface area (Å²) in [5, 5.41) is 12.1. The maximum atomic E-state index is 4.56. The Morgan fingerprint density at radius 2 is 1.74 bits per heavy atom. The second-order valence-corrected chi connectivity index (χ2v) is 8.58. The van der Waals surface area contributed by atoms with Crippen molar-refractivity contribution in [2.75, 3.05) is 31.1 Å². The number of pyridine rings is 1. The van der Waals surface area contributed by atoms with Gasteiger partial charge in [0.1, 0.15) is 0 Å². The van der Waals surface area contributed by atoms with E-state index in [4.69, 9.17) is 0 Å². The van der Waals surface area contributed by atoms with E-state index in [1.807, 2.05) is 24.4 Å². The van der Waals surface area contributed by atoms with Gasteiger partial charge in [-0.25, -0.2) is 0 Å². The lowest BCUT2D eigenvalue weighted by Crippen LogP contribution is -2.46. The molecule has 140 valence electrons. The van der Waals surface area contributed by atoms with E-state index in [2.05, 4.69) is 37.1 Å². The molecule has 3 aromatic rings. The van der Waals surface area contributed by atoms with Crippen molar-refractivity contribution in [2.24, 2.45) is 0 Å². The van der Waals surface area contributed by atoms with Gasteiger partial charge in [0.05, 0.1) is 5.52 Å². The number of likely N-dealkylation sites (tertiary alicyclic amines) is 1. The fraction of sp³-hybridized carbons (Fsp3) is 0.476. The van der Waals surface area contributed by atoms with Crippen LogP contribution in [0.15, 0.2) is 36.5 Å². The Bertz CT molecular complexity index is 910. The number of aromatic nitrogens is 3. The molecular formula is C21H25N5S. The smallest absolute Gasteiger partial charge is 0.208 e. The van der Waals surface area contributed by atoms with Crippen molar-refractivity contribution in [3.63, 3.8) is 0 Å². The summed E-state index contributed by atoms with van der Waals surface area (Å²) < 4.78 is 0. The molecule has 0 amide bonds. The molecule has 0 N–H and O–H groups in total. The highest BCUT2D eigenvalue weighted by atomic mass is 32.1. The van der Waals surface area contributed by atoms with Gasteiger partial charge in [-0.05, 0) is 50.9 Å². The maximum absolute atomic E-state index is 4.56. The van der Waals surface area contributed by atoms with Crippen LogP contribution in [-0.4, -0.2) is 52.3 Å². The fourth-order valence-electron chi connectivity index (χ4n) is 4.35. The fourth-order valence-corrected chi connectivity index (χ4v) is 5.23. The Morgan fingerprint density at radius 3 is 2.59 bits per heavy atom. The molecule has 2 fully saturated rings. The summed E-state index contributed by atoms with van der Waals surface area (Å²) in [6.45, 7) is 4.77. The van der Waals surface area contributed by atoms with Crippen LogP contribution in [-0.2, 0) is 0 Å². The van der Waals surface area contributed by atoms with Crippen LogP contribution >= 0.6 is 11.3 Å². The number of piperidine rings is 2. The minimum Gasteiger partial charge on any atom is -0.347 e. The van der Waals surface area contributed by atoms with E-state index >= 15 is 0 Å². The molecule has 0 atom stereocenters. The Morgan fingerprint density at radius 1 is 0.926 bits per heavy atom. The Kier molecular flexibility index (Phi) is 4.76. The van der Waals surface area contributed by atoms with Crippen molar-refractivity contribution >= 4 is 27.4 Å². The number of rotatable bonds is 3. The van der Waals surface area contributed by atoms with Gasteiger partial charge in [0.25, 0.3) is 0 Å². The first-order valence-corrected chi connectivity index (χ1v) is 10.9. The molecule has 0 unspecified atom stereocenters. The number of hydrogen-bond donors (Lipinski definition) is 0. The summed E-state index contributed by atoms with van der Waals surface area (Å²) in [5.41, 5.74) is 2.08. The molecule has 2 aliphatic rings. The van der Waals surface area contributed by atoms with Gasteiger partial charge in [0.2, 0.25) is 5.13 Å². The van der Waals surface area contributed by atoms with E-state index in [0.717, 1.165) is 45.7 Å². The van der Waals surface area contributed by atoms with Crippen molar-refractivity contribution in [3.8, 4) is 10.6 Å². The lowest BCUT2D eigenvalue weighted by atomic mass is 10.0. The number of hydrogen-bond acceptors (Lipinski definition) is 6. The minimum absolute atomic E-state index is 0.763.